The summed E-state index contributed by atoms with van der Waals surface area (Å²) in [5.41, 5.74) is 0.877. The Labute approximate surface area is 108 Å². The van der Waals surface area contributed by atoms with Crippen LogP contribution in [0, 0.1) is 11.7 Å². The van der Waals surface area contributed by atoms with Crippen molar-refractivity contribution >= 4 is 0 Å². The molecule has 0 aliphatic heterocycles. The molecule has 1 aromatic heterocycles. The van der Waals surface area contributed by atoms with Crippen molar-refractivity contribution in [3.63, 3.8) is 0 Å². The molecular weight excluding hydrogens is 231 g/mol. The molecule has 0 saturated heterocycles. The molecule has 0 bridgehead atoms. The number of hydrogen-bond acceptors (Lipinski definition) is 3. The Morgan fingerprint density at radius 2 is 2.22 bits per heavy atom. The number of hydrogen-bond donors (Lipinski definition) is 1. The first-order chi connectivity index (χ1) is 8.76. The van der Waals surface area contributed by atoms with Crippen molar-refractivity contribution in [1.29, 1.82) is 0 Å². The fourth-order valence-corrected chi connectivity index (χ4v) is 2.36. The van der Waals surface area contributed by atoms with Crippen molar-refractivity contribution in [2.45, 2.75) is 38.8 Å². The molecule has 1 N–H and O–H groups in total. The summed E-state index contributed by atoms with van der Waals surface area (Å²) in [7, 11) is 0. The van der Waals surface area contributed by atoms with Crippen LogP contribution in [0.15, 0.2) is 18.5 Å². The molecule has 1 aliphatic rings. The topological polar surface area (TPSA) is 34.2 Å². The average Bonchev–Trinajstić information content (AvgIpc) is 3.18. The Morgan fingerprint density at radius 1 is 1.44 bits per heavy atom. The third-order valence-electron chi connectivity index (χ3n) is 3.28. The van der Waals surface area contributed by atoms with Crippen molar-refractivity contribution in [1.82, 2.24) is 10.3 Å². The molecule has 1 aromatic rings. The number of rotatable bonds is 7. The minimum atomic E-state index is -0.290. The Kier molecular flexibility index (Phi) is 4.66. The number of pyridine rings is 1. The van der Waals surface area contributed by atoms with Gasteiger partial charge in [-0.1, -0.05) is 6.92 Å². The number of halogens is 1. The molecule has 1 aliphatic carbocycles. The predicted octanol–water partition coefficient (Wildman–Crippen LogP) is 2.69. The van der Waals surface area contributed by atoms with E-state index in [1.165, 1.54) is 19.0 Å². The van der Waals surface area contributed by atoms with E-state index >= 15 is 0 Å². The molecule has 4 heteroatoms. The SMILES string of the molecule is CCNC(c1cncc(F)c1)C(OCC)C1CC1. The van der Waals surface area contributed by atoms with Crippen molar-refractivity contribution in [3.8, 4) is 0 Å². The summed E-state index contributed by atoms with van der Waals surface area (Å²) in [4.78, 5) is 3.94. The van der Waals surface area contributed by atoms with Gasteiger partial charge in [0.1, 0.15) is 5.82 Å². The van der Waals surface area contributed by atoms with Crippen LogP contribution in [0.1, 0.15) is 38.3 Å². The highest BCUT2D eigenvalue weighted by molar-refractivity contribution is 5.18. The van der Waals surface area contributed by atoms with E-state index in [9.17, 15) is 4.39 Å². The van der Waals surface area contributed by atoms with E-state index in [1.807, 2.05) is 6.92 Å². The van der Waals surface area contributed by atoms with Crippen LogP contribution in [-0.4, -0.2) is 24.2 Å². The first-order valence-electron chi connectivity index (χ1n) is 6.71. The van der Waals surface area contributed by atoms with E-state index < -0.39 is 0 Å². The first kappa shape index (κ1) is 13.4. The highest BCUT2D eigenvalue weighted by Crippen LogP contribution is 2.40. The lowest BCUT2D eigenvalue weighted by atomic mass is 9.99. The molecular formula is C14H21FN2O. The molecule has 0 spiro atoms. The number of aromatic nitrogens is 1. The van der Waals surface area contributed by atoms with E-state index in [1.54, 1.807) is 12.3 Å². The van der Waals surface area contributed by atoms with Gasteiger partial charge in [0, 0.05) is 12.8 Å². The standard InChI is InChI=1S/C14H21FN2O/c1-3-17-13(11-7-12(15)9-16-8-11)14(18-4-2)10-5-6-10/h7-10,13-14,17H,3-6H2,1-2H3. The molecule has 2 atom stereocenters. The molecule has 1 fully saturated rings. The lowest BCUT2D eigenvalue weighted by Crippen LogP contribution is -2.35. The van der Waals surface area contributed by atoms with Gasteiger partial charge in [0.25, 0.3) is 0 Å². The van der Waals surface area contributed by atoms with Crippen LogP contribution in [0.2, 0.25) is 0 Å². The molecule has 2 rings (SSSR count). The highest BCUT2D eigenvalue weighted by atomic mass is 19.1. The summed E-state index contributed by atoms with van der Waals surface area (Å²) in [5.74, 6) is 0.304. The molecule has 100 valence electrons. The molecule has 1 saturated carbocycles. The summed E-state index contributed by atoms with van der Waals surface area (Å²) >= 11 is 0. The van der Waals surface area contributed by atoms with E-state index in [-0.39, 0.29) is 18.0 Å². The molecule has 0 radical (unpaired) electrons. The van der Waals surface area contributed by atoms with Gasteiger partial charge in [-0.2, -0.15) is 0 Å². The Morgan fingerprint density at radius 3 is 2.78 bits per heavy atom. The second-order valence-corrected chi connectivity index (χ2v) is 4.73. The molecule has 3 nitrogen and oxygen atoms in total. The van der Waals surface area contributed by atoms with Gasteiger partial charge in [0.2, 0.25) is 0 Å². The van der Waals surface area contributed by atoms with Crippen LogP contribution in [0.3, 0.4) is 0 Å². The first-order valence-corrected chi connectivity index (χ1v) is 6.71. The van der Waals surface area contributed by atoms with E-state index in [0.717, 1.165) is 12.1 Å². The summed E-state index contributed by atoms with van der Waals surface area (Å²) in [5, 5.41) is 3.40. The number of ether oxygens (including phenoxy) is 1. The fourth-order valence-electron chi connectivity index (χ4n) is 2.36. The minimum Gasteiger partial charge on any atom is -0.376 e. The molecule has 2 unspecified atom stereocenters. The van der Waals surface area contributed by atoms with Gasteiger partial charge >= 0.3 is 0 Å². The normalized spacial score (nSPS) is 18.6. The lowest BCUT2D eigenvalue weighted by Gasteiger charge is -2.28. The maximum atomic E-state index is 13.3. The highest BCUT2D eigenvalue weighted by Gasteiger charge is 2.37. The van der Waals surface area contributed by atoms with Crippen LogP contribution in [0.25, 0.3) is 0 Å². The molecule has 1 heterocycles. The monoisotopic (exact) mass is 252 g/mol. The quantitative estimate of drug-likeness (QED) is 0.810. The summed E-state index contributed by atoms with van der Waals surface area (Å²) in [6.45, 7) is 5.57. The summed E-state index contributed by atoms with van der Waals surface area (Å²) in [6.07, 6.45) is 5.49. The van der Waals surface area contributed by atoms with Crippen molar-refractivity contribution in [3.05, 3.63) is 29.8 Å². The fraction of sp³-hybridized carbons (Fsp3) is 0.643. The van der Waals surface area contributed by atoms with Crippen LogP contribution in [0.5, 0.6) is 0 Å². The van der Waals surface area contributed by atoms with Crippen LogP contribution in [0.4, 0.5) is 4.39 Å². The largest absolute Gasteiger partial charge is 0.376 e. The van der Waals surface area contributed by atoms with Crippen molar-refractivity contribution < 1.29 is 9.13 Å². The smallest absolute Gasteiger partial charge is 0.141 e. The van der Waals surface area contributed by atoms with Crippen molar-refractivity contribution in [2.24, 2.45) is 5.92 Å². The number of nitrogens with zero attached hydrogens (tertiary/aromatic N) is 1. The minimum absolute atomic E-state index is 0.0330. The van der Waals surface area contributed by atoms with Gasteiger partial charge in [0.05, 0.1) is 18.3 Å². The van der Waals surface area contributed by atoms with Crippen LogP contribution < -0.4 is 5.32 Å². The molecule has 0 aromatic carbocycles. The second-order valence-electron chi connectivity index (χ2n) is 4.73. The van der Waals surface area contributed by atoms with Gasteiger partial charge in [-0.05, 0) is 43.9 Å². The van der Waals surface area contributed by atoms with E-state index in [4.69, 9.17) is 4.74 Å². The maximum absolute atomic E-state index is 13.3. The van der Waals surface area contributed by atoms with E-state index in [2.05, 4.69) is 17.2 Å². The summed E-state index contributed by atoms with van der Waals surface area (Å²) in [6, 6.07) is 1.58. The van der Waals surface area contributed by atoms with Crippen molar-refractivity contribution in [2.75, 3.05) is 13.2 Å². The van der Waals surface area contributed by atoms with E-state index in [0.29, 0.717) is 12.5 Å². The Hall–Kier alpha value is -1.00. The maximum Gasteiger partial charge on any atom is 0.141 e. The van der Waals surface area contributed by atoms with Gasteiger partial charge in [-0.3, -0.25) is 4.98 Å². The third-order valence-corrected chi connectivity index (χ3v) is 3.28. The molecule has 18 heavy (non-hydrogen) atoms. The Bertz CT molecular complexity index is 382. The third kappa shape index (κ3) is 3.27. The van der Waals surface area contributed by atoms with Gasteiger partial charge < -0.3 is 10.1 Å². The zero-order chi connectivity index (χ0) is 13.0. The molecule has 0 amide bonds. The predicted molar refractivity (Wildman–Crippen MR) is 68.8 cm³/mol. The average molecular weight is 252 g/mol. The van der Waals surface area contributed by atoms with Gasteiger partial charge in [-0.25, -0.2) is 4.39 Å². The number of likely N-dealkylation sites (N-methyl/N-ethyl adjacent to an activating group) is 1. The number of nitrogens with one attached hydrogen (secondary N) is 1. The Balaban J connectivity index is 2.19. The van der Waals surface area contributed by atoms with Crippen LogP contribution in [-0.2, 0) is 4.74 Å². The zero-order valence-electron chi connectivity index (χ0n) is 11.0. The lowest BCUT2D eigenvalue weighted by molar-refractivity contribution is 0.0188. The second kappa shape index (κ2) is 6.25. The zero-order valence-corrected chi connectivity index (χ0v) is 11.0. The van der Waals surface area contributed by atoms with Crippen LogP contribution >= 0.6 is 0 Å². The van der Waals surface area contributed by atoms with Gasteiger partial charge in [0.15, 0.2) is 0 Å². The summed E-state index contributed by atoms with van der Waals surface area (Å²) < 4.78 is 19.2. The van der Waals surface area contributed by atoms with Gasteiger partial charge in [-0.15, -0.1) is 0 Å².